The Kier molecular flexibility index (Phi) is 3.50. The summed E-state index contributed by atoms with van der Waals surface area (Å²) in [5.41, 5.74) is 0.210. The van der Waals surface area contributed by atoms with Gasteiger partial charge in [-0.25, -0.2) is 0 Å². The zero-order valence-corrected chi connectivity index (χ0v) is 12.2. The maximum absolute atomic E-state index is 12.3. The summed E-state index contributed by atoms with van der Waals surface area (Å²) in [6.07, 6.45) is 0. The Morgan fingerprint density at radius 3 is 2.59 bits per heavy atom. The first-order valence-corrected chi connectivity index (χ1v) is 6.87. The van der Waals surface area contributed by atoms with Gasteiger partial charge in [0.2, 0.25) is 5.89 Å². The van der Waals surface area contributed by atoms with E-state index in [1.807, 2.05) is 24.3 Å². The van der Waals surface area contributed by atoms with E-state index in [1.165, 1.54) is 0 Å². The molecule has 0 spiro atoms. The van der Waals surface area contributed by atoms with Crippen molar-refractivity contribution in [1.29, 1.82) is 0 Å². The third kappa shape index (κ3) is 2.63. The van der Waals surface area contributed by atoms with E-state index in [-0.39, 0.29) is 11.3 Å². The number of fused-ring (bicyclic) bond motifs is 1. The molecule has 0 aliphatic carbocycles. The summed E-state index contributed by atoms with van der Waals surface area (Å²) in [6, 6.07) is 10.3. The van der Waals surface area contributed by atoms with Crippen LogP contribution >= 0.6 is 0 Å². The highest BCUT2D eigenvalue weighted by molar-refractivity contribution is 6.01. The van der Waals surface area contributed by atoms with E-state index in [1.54, 1.807) is 26.0 Å². The molecule has 0 saturated carbocycles. The molecule has 1 unspecified atom stereocenters. The molecular formula is C16H15N3O3. The zero-order chi connectivity index (χ0) is 15.7. The highest BCUT2D eigenvalue weighted by Crippen LogP contribution is 2.25. The molecule has 22 heavy (non-hydrogen) atoms. The molecule has 3 rings (SSSR count). The Morgan fingerprint density at radius 1 is 1.27 bits per heavy atom. The van der Waals surface area contributed by atoms with Gasteiger partial charge in [0, 0.05) is 0 Å². The molecule has 0 saturated heterocycles. The van der Waals surface area contributed by atoms with Crippen molar-refractivity contribution < 1.29 is 14.4 Å². The summed E-state index contributed by atoms with van der Waals surface area (Å²) in [6.45, 7) is 3.44. The molecular weight excluding hydrogens is 282 g/mol. The fourth-order valence-corrected chi connectivity index (χ4v) is 2.24. The maximum Gasteiger partial charge on any atom is 0.255 e. The molecule has 0 fully saturated rings. The normalized spacial score (nSPS) is 12.3. The number of aromatic nitrogens is 2. The second kappa shape index (κ2) is 5.48. The van der Waals surface area contributed by atoms with Crippen molar-refractivity contribution in [1.82, 2.24) is 15.5 Å². The van der Waals surface area contributed by atoms with Gasteiger partial charge in [-0.1, -0.05) is 29.4 Å². The van der Waals surface area contributed by atoms with E-state index in [4.69, 9.17) is 4.52 Å². The molecule has 2 N–H and O–H groups in total. The Morgan fingerprint density at radius 2 is 1.95 bits per heavy atom. The lowest BCUT2D eigenvalue weighted by Gasteiger charge is -2.11. The number of hydrogen-bond acceptors (Lipinski definition) is 5. The summed E-state index contributed by atoms with van der Waals surface area (Å²) >= 11 is 0. The van der Waals surface area contributed by atoms with E-state index in [0.717, 1.165) is 10.8 Å². The quantitative estimate of drug-likeness (QED) is 0.776. The predicted molar refractivity (Wildman–Crippen MR) is 80.5 cm³/mol. The van der Waals surface area contributed by atoms with Crippen LogP contribution in [0.1, 0.15) is 35.0 Å². The molecule has 1 aromatic heterocycles. The number of aromatic hydroxyl groups is 1. The summed E-state index contributed by atoms with van der Waals surface area (Å²) in [5.74, 6) is 0.368. The van der Waals surface area contributed by atoms with Gasteiger partial charge < -0.3 is 14.9 Å². The van der Waals surface area contributed by atoms with Gasteiger partial charge in [-0.3, -0.25) is 4.79 Å². The van der Waals surface area contributed by atoms with Crippen LogP contribution in [0.2, 0.25) is 0 Å². The van der Waals surface area contributed by atoms with Crippen molar-refractivity contribution in [2.75, 3.05) is 0 Å². The van der Waals surface area contributed by atoms with Crippen molar-refractivity contribution in [2.45, 2.75) is 19.9 Å². The van der Waals surface area contributed by atoms with Gasteiger partial charge in [0.05, 0.1) is 5.56 Å². The minimum atomic E-state index is -0.445. The fraction of sp³-hybridized carbons (Fsp3) is 0.188. The molecule has 0 aliphatic heterocycles. The second-order valence-corrected chi connectivity index (χ2v) is 5.09. The average Bonchev–Trinajstić information content (AvgIpc) is 2.93. The van der Waals surface area contributed by atoms with Crippen molar-refractivity contribution in [2.24, 2.45) is 0 Å². The summed E-state index contributed by atoms with van der Waals surface area (Å²) in [4.78, 5) is 16.4. The van der Waals surface area contributed by atoms with Crippen LogP contribution in [0.3, 0.4) is 0 Å². The van der Waals surface area contributed by atoms with Gasteiger partial charge in [0.25, 0.3) is 5.91 Å². The van der Waals surface area contributed by atoms with Gasteiger partial charge in [0.1, 0.15) is 11.8 Å². The first-order valence-electron chi connectivity index (χ1n) is 6.87. The fourth-order valence-electron chi connectivity index (χ4n) is 2.24. The smallest absolute Gasteiger partial charge is 0.255 e. The number of hydrogen-bond donors (Lipinski definition) is 2. The van der Waals surface area contributed by atoms with Crippen LogP contribution in [0.25, 0.3) is 10.8 Å². The van der Waals surface area contributed by atoms with Gasteiger partial charge >= 0.3 is 0 Å². The number of nitrogens with one attached hydrogen (secondary N) is 1. The minimum Gasteiger partial charge on any atom is -0.507 e. The topological polar surface area (TPSA) is 88.2 Å². The Hall–Kier alpha value is -2.89. The lowest BCUT2D eigenvalue weighted by Crippen LogP contribution is -2.27. The number of phenols is 1. The Labute approximate surface area is 126 Å². The summed E-state index contributed by atoms with van der Waals surface area (Å²) in [7, 11) is 0. The molecule has 1 amide bonds. The Bertz CT molecular complexity index is 842. The molecule has 2 aromatic carbocycles. The van der Waals surface area contributed by atoms with E-state index >= 15 is 0 Å². The molecule has 0 aliphatic rings. The first kappa shape index (κ1) is 14.1. The number of phenolic OH excluding ortho intramolecular Hbond substituents is 1. The van der Waals surface area contributed by atoms with Crippen LogP contribution in [0.15, 0.2) is 40.9 Å². The molecule has 0 radical (unpaired) electrons. The van der Waals surface area contributed by atoms with Crippen LogP contribution in [0, 0.1) is 6.92 Å². The SMILES string of the molecule is Cc1noc(C(C)NC(=O)c2cc3ccccc3cc2O)n1. The number of rotatable bonds is 3. The van der Waals surface area contributed by atoms with Crippen LogP contribution in [0.5, 0.6) is 5.75 Å². The van der Waals surface area contributed by atoms with Crippen molar-refractivity contribution in [3.05, 3.63) is 53.7 Å². The lowest BCUT2D eigenvalue weighted by molar-refractivity contribution is 0.0930. The average molecular weight is 297 g/mol. The van der Waals surface area contributed by atoms with Crippen LogP contribution in [0.4, 0.5) is 0 Å². The monoisotopic (exact) mass is 297 g/mol. The van der Waals surface area contributed by atoms with Crippen LogP contribution in [-0.4, -0.2) is 21.2 Å². The number of benzene rings is 2. The van der Waals surface area contributed by atoms with Crippen molar-refractivity contribution in [3.63, 3.8) is 0 Å². The number of nitrogens with zero attached hydrogens (tertiary/aromatic N) is 2. The van der Waals surface area contributed by atoms with Crippen molar-refractivity contribution >= 4 is 16.7 Å². The number of aryl methyl sites for hydroxylation is 1. The van der Waals surface area contributed by atoms with E-state index < -0.39 is 11.9 Å². The van der Waals surface area contributed by atoms with Crippen LogP contribution < -0.4 is 5.32 Å². The third-order valence-electron chi connectivity index (χ3n) is 3.37. The van der Waals surface area contributed by atoms with Crippen LogP contribution in [-0.2, 0) is 0 Å². The van der Waals surface area contributed by atoms with Gasteiger partial charge in [-0.05, 0) is 36.8 Å². The van der Waals surface area contributed by atoms with E-state index in [2.05, 4.69) is 15.5 Å². The molecule has 6 heteroatoms. The van der Waals surface area contributed by atoms with E-state index in [9.17, 15) is 9.90 Å². The highest BCUT2D eigenvalue weighted by Gasteiger charge is 2.19. The van der Waals surface area contributed by atoms with Gasteiger partial charge in [-0.15, -0.1) is 0 Å². The van der Waals surface area contributed by atoms with Gasteiger partial charge in [0.15, 0.2) is 5.82 Å². The number of carbonyl (C=O) groups is 1. The standard InChI is InChI=1S/C16H15N3O3/c1-9(16-18-10(2)19-22-16)17-15(21)13-7-11-5-3-4-6-12(11)8-14(13)20/h3-9,20H,1-2H3,(H,17,21). The molecule has 0 bridgehead atoms. The Balaban J connectivity index is 1.87. The zero-order valence-electron chi connectivity index (χ0n) is 12.2. The minimum absolute atomic E-state index is 0.0647. The number of amides is 1. The lowest BCUT2D eigenvalue weighted by atomic mass is 10.1. The molecule has 3 aromatic rings. The molecule has 1 atom stereocenters. The third-order valence-corrected chi connectivity index (χ3v) is 3.37. The molecule has 6 nitrogen and oxygen atoms in total. The predicted octanol–water partition coefficient (Wildman–Crippen LogP) is 2.73. The van der Waals surface area contributed by atoms with Crippen molar-refractivity contribution in [3.8, 4) is 5.75 Å². The largest absolute Gasteiger partial charge is 0.507 e. The van der Waals surface area contributed by atoms with E-state index in [0.29, 0.717) is 11.7 Å². The molecule has 112 valence electrons. The highest BCUT2D eigenvalue weighted by atomic mass is 16.5. The first-order chi connectivity index (χ1) is 10.5. The summed E-state index contributed by atoms with van der Waals surface area (Å²) in [5, 5.41) is 18.2. The maximum atomic E-state index is 12.3. The van der Waals surface area contributed by atoms with Gasteiger partial charge in [-0.2, -0.15) is 4.98 Å². The number of carbonyl (C=O) groups excluding carboxylic acids is 1. The molecule has 1 heterocycles. The summed E-state index contributed by atoms with van der Waals surface area (Å²) < 4.78 is 5.02. The second-order valence-electron chi connectivity index (χ2n) is 5.09.